The van der Waals surface area contributed by atoms with Crippen molar-refractivity contribution in [2.75, 3.05) is 29.9 Å². The number of ether oxygens (including phenoxy) is 2. The highest BCUT2D eigenvalue weighted by Gasteiger charge is 2.17. The van der Waals surface area contributed by atoms with Gasteiger partial charge < -0.3 is 15.2 Å². The van der Waals surface area contributed by atoms with Gasteiger partial charge in [0.05, 0.1) is 25.1 Å². The van der Waals surface area contributed by atoms with Crippen LogP contribution in [0.5, 0.6) is 5.75 Å². The Labute approximate surface area is 111 Å². The van der Waals surface area contributed by atoms with Gasteiger partial charge in [-0.3, -0.25) is 9.52 Å². The lowest BCUT2D eigenvalue weighted by Gasteiger charge is -2.10. The van der Waals surface area contributed by atoms with Gasteiger partial charge in [0.2, 0.25) is 10.0 Å². The number of anilines is 2. The van der Waals surface area contributed by atoms with Gasteiger partial charge in [0.25, 0.3) is 0 Å². The molecule has 0 spiro atoms. The molecule has 0 aliphatic heterocycles. The van der Waals surface area contributed by atoms with E-state index in [4.69, 9.17) is 10.5 Å². The molecule has 0 saturated heterocycles. The molecule has 19 heavy (non-hydrogen) atoms. The van der Waals surface area contributed by atoms with Crippen molar-refractivity contribution in [2.24, 2.45) is 0 Å². The van der Waals surface area contributed by atoms with Gasteiger partial charge >= 0.3 is 5.97 Å². The number of esters is 1. The number of nitrogen functional groups attached to an aromatic ring is 1. The van der Waals surface area contributed by atoms with Crippen molar-refractivity contribution in [1.82, 2.24) is 0 Å². The molecular weight excluding hydrogens is 272 g/mol. The van der Waals surface area contributed by atoms with E-state index >= 15 is 0 Å². The minimum Gasteiger partial charge on any atom is -0.495 e. The Hall–Kier alpha value is -1.96. The average Bonchev–Trinajstić information content (AvgIpc) is 2.30. The summed E-state index contributed by atoms with van der Waals surface area (Å²) in [7, 11) is -2.40. The van der Waals surface area contributed by atoms with Crippen molar-refractivity contribution in [2.45, 2.75) is 6.92 Å². The monoisotopic (exact) mass is 288 g/mol. The number of methoxy groups -OCH3 is 1. The Morgan fingerprint density at radius 3 is 2.68 bits per heavy atom. The summed E-state index contributed by atoms with van der Waals surface area (Å²) in [5, 5.41) is 0. The maximum Gasteiger partial charge on any atom is 0.323 e. The maximum absolute atomic E-state index is 11.7. The smallest absolute Gasteiger partial charge is 0.323 e. The zero-order valence-electron chi connectivity index (χ0n) is 10.7. The molecule has 1 aromatic rings. The summed E-state index contributed by atoms with van der Waals surface area (Å²) < 4.78 is 35.2. The van der Waals surface area contributed by atoms with Crippen molar-refractivity contribution >= 4 is 27.4 Å². The van der Waals surface area contributed by atoms with E-state index in [1.165, 1.54) is 25.3 Å². The van der Waals surface area contributed by atoms with Crippen LogP contribution < -0.4 is 15.2 Å². The molecular formula is C11H16N2O5S. The van der Waals surface area contributed by atoms with Gasteiger partial charge in [-0.15, -0.1) is 0 Å². The molecule has 0 amide bonds. The van der Waals surface area contributed by atoms with E-state index in [1.54, 1.807) is 6.92 Å². The average molecular weight is 288 g/mol. The van der Waals surface area contributed by atoms with Gasteiger partial charge in [-0.25, -0.2) is 8.42 Å². The van der Waals surface area contributed by atoms with Crippen molar-refractivity contribution in [3.63, 3.8) is 0 Å². The summed E-state index contributed by atoms with van der Waals surface area (Å²) in [4.78, 5) is 11.1. The van der Waals surface area contributed by atoms with E-state index in [2.05, 4.69) is 9.46 Å². The minimum absolute atomic E-state index is 0.129. The Morgan fingerprint density at radius 2 is 2.11 bits per heavy atom. The first-order valence-electron chi connectivity index (χ1n) is 5.47. The standard InChI is InChI=1S/C11H16N2O5S/c1-3-18-11(14)7-19(15,16)13-8-4-5-9(12)10(6-8)17-2/h4-6,13H,3,7,12H2,1-2H3. The summed E-state index contributed by atoms with van der Waals surface area (Å²) in [6.45, 7) is 1.73. The molecule has 0 aromatic heterocycles. The molecule has 0 fully saturated rings. The number of rotatable bonds is 6. The Bertz CT molecular complexity index is 556. The van der Waals surface area contributed by atoms with E-state index in [1.807, 2.05) is 0 Å². The van der Waals surface area contributed by atoms with Crippen LogP contribution in [-0.4, -0.2) is 33.9 Å². The minimum atomic E-state index is -3.81. The second kappa shape index (κ2) is 6.28. The fourth-order valence-corrected chi connectivity index (χ4v) is 2.30. The number of hydrogen-bond donors (Lipinski definition) is 2. The number of nitrogens with one attached hydrogen (secondary N) is 1. The molecule has 7 nitrogen and oxygen atoms in total. The number of sulfonamides is 1. The highest BCUT2D eigenvalue weighted by atomic mass is 32.2. The molecule has 0 saturated carbocycles. The predicted octanol–water partition coefficient (Wildman–Crippen LogP) is 0.582. The SMILES string of the molecule is CCOC(=O)CS(=O)(=O)Nc1ccc(N)c(OC)c1. The number of carbonyl (C=O) groups excluding carboxylic acids is 1. The summed E-state index contributed by atoms with van der Waals surface area (Å²) in [6.07, 6.45) is 0. The fraction of sp³-hybridized carbons (Fsp3) is 0.364. The van der Waals surface area contributed by atoms with Gasteiger partial charge in [0, 0.05) is 6.07 Å². The molecule has 0 bridgehead atoms. The quantitative estimate of drug-likeness (QED) is 0.585. The van der Waals surface area contributed by atoms with Crippen LogP contribution in [0.4, 0.5) is 11.4 Å². The van der Waals surface area contributed by atoms with Gasteiger partial charge in [-0.05, 0) is 19.1 Å². The molecule has 3 N–H and O–H groups in total. The lowest BCUT2D eigenvalue weighted by Crippen LogP contribution is -2.24. The number of hydrogen-bond acceptors (Lipinski definition) is 6. The van der Waals surface area contributed by atoms with Gasteiger partial charge in [-0.1, -0.05) is 0 Å². The van der Waals surface area contributed by atoms with Crippen LogP contribution in [0, 0.1) is 0 Å². The first-order chi connectivity index (χ1) is 8.88. The van der Waals surface area contributed by atoms with Crippen LogP contribution in [0.2, 0.25) is 0 Å². The van der Waals surface area contributed by atoms with Crippen LogP contribution in [0.15, 0.2) is 18.2 Å². The molecule has 0 aliphatic carbocycles. The Morgan fingerprint density at radius 1 is 1.42 bits per heavy atom. The lowest BCUT2D eigenvalue weighted by molar-refractivity contribution is -0.139. The normalized spacial score (nSPS) is 10.8. The summed E-state index contributed by atoms with van der Waals surface area (Å²) in [5.74, 6) is -1.21. The van der Waals surface area contributed by atoms with E-state index in [0.717, 1.165) is 0 Å². The van der Waals surface area contributed by atoms with Crippen LogP contribution in [-0.2, 0) is 19.6 Å². The van der Waals surface area contributed by atoms with E-state index in [0.29, 0.717) is 11.4 Å². The van der Waals surface area contributed by atoms with Crippen LogP contribution in [0.1, 0.15) is 6.92 Å². The molecule has 1 rings (SSSR count). The molecule has 0 atom stereocenters. The summed E-state index contributed by atoms with van der Waals surface area (Å²) >= 11 is 0. The molecule has 0 radical (unpaired) electrons. The Balaban J connectivity index is 2.81. The molecule has 106 valence electrons. The predicted molar refractivity (Wildman–Crippen MR) is 71.4 cm³/mol. The van der Waals surface area contributed by atoms with Crippen LogP contribution in [0.3, 0.4) is 0 Å². The summed E-state index contributed by atoms with van der Waals surface area (Å²) in [5.41, 5.74) is 6.25. The second-order valence-corrected chi connectivity index (χ2v) is 5.35. The topological polar surface area (TPSA) is 108 Å². The second-order valence-electron chi connectivity index (χ2n) is 3.62. The zero-order chi connectivity index (χ0) is 14.5. The Kier molecular flexibility index (Phi) is 4.99. The van der Waals surface area contributed by atoms with E-state index in [-0.39, 0.29) is 12.3 Å². The molecule has 8 heteroatoms. The molecule has 0 heterocycles. The van der Waals surface area contributed by atoms with Crippen molar-refractivity contribution in [3.05, 3.63) is 18.2 Å². The first-order valence-corrected chi connectivity index (χ1v) is 7.13. The number of nitrogens with two attached hydrogens (primary N) is 1. The third kappa shape index (κ3) is 4.66. The summed E-state index contributed by atoms with van der Waals surface area (Å²) in [6, 6.07) is 4.40. The van der Waals surface area contributed by atoms with Crippen LogP contribution in [0.25, 0.3) is 0 Å². The molecule has 0 aliphatic rings. The van der Waals surface area contributed by atoms with Gasteiger partial charge in [0.1, 0.15) is 5.75 Å². The highest BCUT2D eigenvalue weighted by molar-refractivity contribution is 7.93. The van der Waals surface area contributed by atoms with E-state index < -0.39 is 21.7 Å². The lowest BCUT2D eigenvalue weighted by atomic mass is 10.3. The largest absolute Gasteiger partial charge is 0.495 e. The number of benzene rings is 1. The zero-order valence-corrected chi connectivity index (χ0v) is 11.5. The number of carbonyl (C=O) groups is 1. The maximum atomic E-state index is 11.7. The molecule has 1 aromatic carbocycles. The third-order valence-corrected chi connectivity index (χ3v) is 3.28. The van der Waals surface area contributed by atoms with E-state index in [9.17, 15) is 13.2 Å². The van der Waals surface area contributed by atoms with Crippen molar-refractivity contribution in [3.8, 4) is 5.75 Å². The molecule has 0 unspecified atom stereocenters. The van der Waals surface area contributed by atoms with Crippen molar-refractivity contribution < 1.29 is 22.7 Å². The van der Waals surface area contributed by atoms with Gasteiger partial charge in [0.15, 0.2) is 5.75 Å². The van der Waals surface area contributed by atoms with Gasteiger partial charge in [-0.2, -0.15) is 0 Å². The van der Waals surface area contributed by atoms with Crippen LogP contribution >= 0.6 is 0 Å². The highest BCUT2D eigenvalue weighted by Crippen LogP contribution is 2.25. The first kappa shape index (κ1) is 15.1. The fourth-order valence-electron chi connectivity index (χ4n) is 1.35. The third-order valence-electron chi connectivity index (χ3n) is 2.12. The van der Waals surface area contributed by atoms with Crippen molar-refractivity contribution in [1.29, 1.82) is 0 Å².